The van der Waals surface area contributed by atoms with Crippen LogP contribution < -0.4 is 10.9 Å². The summed E-state index contributed by atoms with van der Waals surface area (Å²) < 4.78 is 81.2. The highest BCUT2D eigenvalue weighted by Gasteiger charge is 2.35. The normalized spacial score (nSPS) is 15.8. The van der Waals surface area contributed by atoms with Crippen molar-refractivity contribution in [3.63, 3.8) is 0 Å². The van der Waals surface area contributed by atoms with Crippen LogP contribution in [0.1, 0.15) is 23.6 Å². The molecule has 2 N–H and O–H groups in total. The molecule has 0 aromatic carbocycles. The maximum Gasteiger partial charge on any atom is 0.421 e. The molecular weight excluding hydrogens is 448 g/mol. The molecule has 1 amide bonds. The van der Waals surface area contributed by atoms with E-state index >= 15 is 0 Å². The van der Waals surface area contributed by atoms with E-state index < -0.39 is 41.2 Å². The summed E-state index contributed by atoms with van der Waals surface area (Å²) in [5.41, 5.74) is -3.45. The first-order valence-corrected chi connectivity index (χ1v) is 9.23. The lowest BCUT2D eigenvalue weighted by Crippen LogP contribution is -2.57. The van der Waals surface area contributed by atoms with E-state index in [0.717, 1.165) is 6.20 Å². The van der Waals surface area contributed by atoms with Gasteiger partial charge in [0.2, 0.25) is 5.95 Å². The van der Waals surface area contributed by atoms with Gasteiger partial charge in [0.25, 0.3) is 5.56 Å². The molecule has 3 rings (SSSR count). The Hall–Kier alpha value is -3.32. The summed E-state index contributed by atoms with van der Waals surface area (Å²) in [6.07, 6.45) is -8.49. The number of ether oxygens (including phenoxy) is 1. The van der Waals surface area contributed by atoms with Gasteiger partial charge in [0, 0.05) is 38.1 Å². The van der Waals surface area contributed by atoms with Crippen LogP contribution in [0.25, 0.3) is 0 Å². The Labute approximate surface area is 176 Å². The molecule has 174 valence electrons. The summed E-state index contributed by atoms with van der Waals surface area (Å²) in [7, 11) is 0. The van der Waals surface area contributed by atoms with Crippen LogP contribution in [-0.2, 0) is 23.5 Å². The summed E-state index contributed by atoms with van der Waals surface area (Å²) >= 11 is 0. The van der Waals surface area contributed by atoms with Crippen molar-refractivity contribution in [1.29, 1.82) is 0 Å². The van der Waals surface area contributed by atoms with E-state index in [2.05, 4.69) is 15.3 Å². The Bertz CT molecular complexity index is 1020. The van der Waals surface area contributed by atoms with E-state index in [-0.39, 0.29) is 37.1 Å². The number of likely N-dealkylation sites (tertiary alicyclic amines) is 1. The Balaban J connectivity index is 1.47. The summed E-state index contributed by atoms with van der Waals surface area (Å²) in [5.74, 6) is -0.0251. The minimum atomic E-state index is -4.81. The number of halogens is 6. The second kappa shape index (κ2) is 8.67. The van der Waals surface area contributed by atoms with E-state index in [1.807, 2.05) is 4.98 Å². The predicted molar refractivity (Wildman–Crippen MR) is 97.7 cm³/mol. The van der Waals surface area contributed by atoms with Gasteiger partial charge >= 0.3 is 18.4 Å². The van der Waals surface area contributed by atoms with Gasteiger partial charge in [-0.05, 0) is 18.6 Å². The van der Waals surface area contributed by atoms with Crippen LogP contribution in [0, 0.1) is 0 Å². The summed E-state index contributed by atoms with van der Waals surface area (Å²) in [6, 6.07) is 0.403. The highest BCUT2D eigenvalue weighted by molar-refractivity contribution is 5.69. The number of H-pyrrole nitrogens is 1. The number of amides is 1. The third-order valence-corrected chi connectivity index (χ3v) is 4.55. The number of hydrogen-bond donors (Lipinski definition) is 2. The van der Waals surface area contributed by atoms with E-state index in [9.17, 15) is 35.9 Å². The van der Waals surface area contributed by atoms with Crippen molar-refractivity contribution in [2.45, 2.75) is 37.8 Å². The molecule has 1 fully saturated rings. The Morgan fingerprint density at radius 1 is 1.22 bits per heavy atom. The number of rotatable bonds is 5. The fraction of sp³-hybridized carbons (Fsp3) is 0.444. The summed E-state index contributed by atoms with van der Waals surface area (Å²) in [4.78, 5) is 33.9. The molecule has 0 unspecified atom stereocenters. The smallest absolute Gasteiger partial charge is 0.421 e. The van der Waals surface area contributed by atoms with Gasteiger partial charge in [0.05, 0.1) is 11.6 Å². The van der Waals surface area contributed by atoms with Crippen LogP contribution in [0.2, 0.25) is 0 Å². The van der Waals surface area contributed by atoms with Gasteiger partial charge in [-0.15, -0.1) is 0 Å². The molecule has 8 nitrogen and oxygen atoms in total. The van der Waals surface area contributed by atoms with Crippen molar-refractivity contribution < 1.29 is 35.9 Å². The quantitative estimate of drug-likeness (QED) is 0.659. The number of aromatic nitrogens is 3. The van der Waals surface area contributed by atoms with E-state index in [1.165, 1.54) is 11.8 Å². The van der Waals surface area contributed by atoms with Crippen LogP contribution in [0.4, 0.5) is 37.1 Å². The van der Waals surface area contributed by atoms with Crippen LogP contribution in [0.3, 0.4) is 0 Å². The number of aromatic amines is 1. The van der Waals surface area contributed by atoms with Gasteiger partial charge in [-0.3, -0.25) is 4.79 Å². The first-order chi connectivity index (χ1) is 14.8. The maximum atomic E-state index is 12.8. The molecule has 0 saturated carbocycles. The lowest BCUT2D eigenvalue weighted by Gasteiger charge is -2.39. The van der Waals surface area contributed by atoms with Crippen molar-refractivity contribution in [2.24, 2.45) is 0 Å². The number of alkyl halides is 6. The minimum absolute atomic E-state index is 0.0251. The van der Waals surface area contributed by atoms with Crippen molar-refractivity contribution >= 4 is 12.0 Å². The number of anilines is 1. The molecular formula is C18H17F6N5O3. The Morgan fingerprint density at radius 3 is 2.41 bits per heavy atom. The monoisotopic (exact) mass is 465 g/mol. The fourth-order valence-corrected chi connectivity index (χ4v) is 2.93. The number of hydrogen-bond acceptors (Lipinski definition) is 6. The lowest BCUT2D eigenvalue weighted by molar-refractivity contribution is -0.139. The Kier molecular flexibility index (Phi) is 6.32. The number of nitrogens with zero attached hydrogens (tertiary/aromatic N) is 3. The van der Waals surface area contributed by atoms with Gasteiger partial charge in [-0.25, -0.2) is 14.8 Å². The Morgan fingerprint density at radius 2 is 1.84 bits per heavy atom. The zero-order valence-electron chi connectivity index (χ0n) is 16.4. The van der Waals surface area contributed by atoms with E-state index in [4.69, 9.17) is 4.74 Å². The lowest BCUT2D eigenvalue weighted by atomic mass is 10.1. The number of carbonyl (C=O) groups is 1. The van der Waals surface area contributed by atoms with Crippen molar-refractivity contribution in [3.05, 3.63) is 51.7 Å². The molecule has 0 spiro atoms. The van der Waals surface area contributed by atoms with Crippen molar-refractivity contribution in [3.8, 4) is 0 Å². The minimum Gasteiger partial charge on any atom is -0.446 e. The SMILES string of the molecule is C[C@@H](Cc1c[nH]c(=O)c(C(F)(F)F)c1)OC(=O)N1CC(Nc2ncc(C(F)(F)F)cn2)C1. The van der Waals surface area contributed by atoms with Gasteiger partial charge in [0.15, 0.2) is 0 Å². The molecule has 2 aromatic heterocycles. The first kappa shape index (κ1) is 23.3. The predicted octanol–water partition coefficient (Wildman–Crippen LogP) is 3.07. The molecule has 0 radical (unpaired) electrons. The molecule has 2 aromatic rings. The van der Waals surface area contributed by atoms with E-state index in [0.29, 0.717) is 18.5 Å². The molecule has 0 bridgehead atoms. The number of carbonyl (C=O) groups excluding carboxylic acids is 1. The molecule has 1 saturated heterocycles. The molecule has 1 aliphatic rings. The highest BCUT2D eigenvalue weighted by atomic mass is 19.4. The van der Waals surface area contributed by atoms with Gasteiger partial charge in [-0.1, -0.05) is 0 Å². The topological polar surface area (TPSA) is 100 Å². The average molecular weight is 465 g/mol. The number of nitrogens with one attached hydrogen (secondary N) is 2. The largest absolute Gasteiger partial charge is 0.446 e. The third-order valence-electron chi connectivity index (χ3n) is 4.55. The summed E-state index contributed by atoms with van der Waals surface area (Å²) in [6.45, 7) is 1.83. The van der Waals surface area contributed by atoms with E-state index in [1.54, 1.807) is 0 Å². The van der Waals surface area contributed by atoms with Crippen molar-refractivity contribution in [2.75, 3.05) is 18.4 Å². The average Bonchev–Trinajstić information content (AvgIpc) is 2.64. The van der Waals surface area contributed by atoms with Crippen LogP contribution in [0.5, 0.6) is 0 Å². The number of pyridine rings is 1. The first-order valence-electron chi connectivity index (χ1n) is 9.23. The second-order valence-corrected chi connectivity index (χ2v) is 7.19. The molecule has 1 atom stereocenters. The third kappa shape index (κ3) is 5.68. The van der Waals surface area contributed by atoms with Crippen LogP contribution in [-0.4, -0.2) is 51.2 Å². The van der Waals surface area contributed by atoms with Crippen molar-refractivity contribution in [1.82, 2.24) is 19.9 Å². The van der Waals surface area contributed by atoms with Gasteiger partial charge in [-0.2, -0.15) is 26.3 Å². The molecule has 3 heterocycles. The zero-order chi connectivity index (χ0) is 23.7. The molecule has 32 heavy (non-hydrogen) atoms. The van der Waals surface area contributed by atoms with Gasteiger partial charge < -0.3 is 19.9 Å². The fourth-order valence-electron chi connectivity index (χ4n) is 2.93. The standard InChI is InChI=1S/C18H17F6N5O3/c1-9(2-10-3-13(18(22,23)24)14(30)25-4-10)32-16(31)29-7-12(8-29)28-15-26-5-11(6-27-15)17(19,20)21/h3-6,9,12H,2,7-8H2,1H3,(H,25,30)(H,26,27,28)/t9-/m0/s1. The maximum absolute atomic E-state index is 12.8. The van der Waals surface area contributed by atoms with Gasteiger partial charge in [0.1, 0.15) is 11.7 Å². The zero-order valence-corrected chi connectivity index (χ0v) is 16.4. The molecule has 14 heteroatoms. The highest BCUT2D eigenvalue weighted by Crippen LogP contribution is 2.28. The van der Waals surface area contributed by atoms with Crippen LogP contribution in [0.15, 0.2) is 29.5 Å². The van der Waals surface area contributed by atoms with Crippen LogP contribution >= 0.6 is 0 Å². The molecule has 0 aliphatic carbocycles. The molecule has 1 aliphatic heterocycles. The second-order valence-electron chi connectivity index (χ2n) is 7.19. The summed E-state index contributed by atoms with van der Waals surface area (Å²) in [5, 5.41) is 2.78.